The predicted octanol–water partition coefficient (Wildman–Crippen LogP) is 3.40. The number of likely N-dealkylation sites (N-methyl/N-ethyl adjacent to an activating group) is 1. The second-order valence-corrected chi connectivity index (χ2v) is 7.36. The molecule has 1 atom stereocenters. The van der Waals surface area contributed by atoms with Gasteiger partial charge in [-0.3, -0.25) is 9.59 Å². The largest absolute Gasteiger partial charge is 0.373 e. The van der Waals surface area contributed by atoms with Crippen LogP contribution in [0.3, 0.4) is 0 Å². The third-order valence-corrected chi connectivity index (χ3v) is 5.60. The number of fused-ring (bicyclic) bond motifs is 4. The molecule has 0 aliphatic carbocycles. The summed E-state index contributed by atoms with van der Waals surface area (Å²) < 4.78 is 35.2. The summed E-state index contributed by atoms with van der Waals surface area (Å²) >= 11 is 0. The van der Waals surface area contributed by atoms with Gasteiger partial charge in [-0.1, -0.05) is 0 Å². The number of aromatic amines is 1. The molecule has 8 heteroatoms. The van der Waals surface area contributed by atoms with Crippen molar-refractivity contribution < 1.29 is 18.3 Å². The van der Waals surface area contributed by atoms with Gasteiger partial charge in [-0.15, -0.1) is 0 Å². The van der Waals surface area contributed by atoms with Gasteiger partial charge in [0.25, 0.3) is 11.5 Å². The van der Waals surface area contributed by atoms with E-state index in [1.165, 1.54) is 4.90 Å². The smallest absolute Gasteiger partial charge is 0.256 e. The minimum atomic E-state index is -1.10. The molecule has 0 saturated heterocycles. The standard InChI is InChI=1S/C22H17F2N3O3/c1-26(22(29)12-4-5-13-3-2-6-27(13)9-12)19-11-30-10-18-20(19)14-7-16(23)17(24)8-15(14)21(28)25-18/h2-9,19H,10-11H2,1H3,(H,25,28)/t19-/m0/s1. The Labute approximate surface area is 169 Å². The predicted molar refractivity (Wildman–Crippen MR) is 106 cm³/mol. The number of aromatic nitrogens is 2. The van der Waals surface area contributed by atoms with Crippen molar-refractivity contribution in [1.82, 2.24) is 14.3 Å². The molecular weight excluding hydrogens is 392 g/mol. The SMILES string of the molecule is CN(C(=O)c1ccc2cccn2c1)[C@H]1COCc2[nH]c(=O)c3cc(F)c(F)cc3c21. The van der Waals surface area contributed by atoms with Crippen LogP contribution >= 0.6 is 0 Å². The summed E-state index contributed by atoms with van der Waals surface area (Å²) in [6.07, 6.45) is 3.58. The molecule has 6 nitrogen and oxygen atoms in total. The number of hydrogen-bond donors (Lipinski definition) is 1. The zero-order chi connectivity index (χ0) is 21.0. The van der Waals surface area contributed by atoms with E-state index >= 15 is 0 Å². The van der Waals surface area contributed by atoms with Gasteiger partial charge in [0.15, 0.2) is 11.6 Å². The summed E-state index contributed by atoms with van der Waals surface area (Å²) in [5.74, 6) is -2.40. The third kappa shape index (κ3) is 2.80. The quantitative estimate of drug-likeness (QED) is 0.552. The van der Waals surface area contributed by atoms with Crippen LogP contribution in [0.4, 0.5) is 8.78 Å². The lowest BCUT2D eigenvalue weighted by molar-refractivity contribution is 0.0335. The summed E-state index contributed by atoms with van der Waals surface area (Å²) in [6, 6.07) is 8.72. The minimum Gasteiger partial charge on any atom is -0.373 e. The van der Waals surface area contributed by atoms with Gasteiger partial charge in [0.05, 0.1) is 30.2 Å². The van der Waals surface area contributed by atoms with Gasteiger partial charge in [-0.2, -0.15) is 0 Å². The van der Waals surface area contributed by atoms with Crippen molar-refractivity contribution in [2.75, 3.05) is 13.7 Å². The second-order valence-electron chi connectivity index (χ2n) is 7.36. The molecule has 5 rings (SSSR count). The van der Waals surface area contributed by atoms with Gasteiger partial charge < -0.3 is 19.0 Å². The first-order valence-electron chi connectivity index (χ1n) is 9.39. The van der Waals surface area contributed by atoms with E-state index in [4.69, 9.17) is 4.74 Å². The van der Waals surface area contributed by atoms with Crippen LogP contribution in [0.15, 0.2) is 53.6 Å². The Balaban J connectivity index is 1.62. The van der Waals surface area contributed by atoms with Crippen molar-refractivity contribution in [1.29, 1.82) is 0 Å². The van der Waals surface area contributed by atoms with Crippen molar-refractivity contribution in [3.63, 3.8) is 0 Å². The summed E-state index contributed by atoms with van der Waals surface area (Å²) in [5, 5.41) is 0.315. The third-order valence-electron chi connectivity index (χ3n) is 5.60. The van der Waals surface area contributed by atoms with Gasteiger partial charge in [0.1, 0.15) is 0 Å². The maximum Gasteiger partial charge on any atom is 0.256 e. The number of rotatable bonds is 2. The van der Waals surface area contributed by atoms with Gasteiger partial charge >= 0.3 is 0 Å². The highest BCUT2D eigenvalue weighted by atomic mass is 19.2. The number of ether oxygens (including phenoxy) is 1. The Hall–Kier alpha value is -3.52. The molecule has 1 aromatic carbocycles. The maximum absolute atomic E-state index is 14.0. The fraction of sp³-hybridized carbons (Fsp3) is 0.182. The number of H-pyrrole nitrogens is 1. The van der Waals surface area contributed by atoms with Gasteiger partial charge in [-0.05, 0) is 41.8 Å². The highest BCUT2D eigenvalue weighted by molar-refractivity contribution is 5.95. The summed E-state index contributed by atoms with van der Waals surface area (Å²) in [4.78, 5) is 29.7. The van der Waals surface area contributed by atoms with E-state index in [9.17, 15) is 18.4 Å². The fourth-order valence-corrected chi connectivity index (χ4v) is 4.05. The summed E-state index contributed by atoms with van der Waals surface area (Å²) in [6.45, 7) is 0.286. The topological polar surface area (TPSA) is 66.8 Å². The van der Waals surface area contributed by atoms with E-state index in [2.05, 4.69) is 4.98 Å². The number of nitrogens with zero attached hydrogens (tertiary/aromatic N) is 2. The molecule has 1 aliphatic rings. The number of amides is 1. The summed E-state index contributed by atoms with van der Waals surface area (Å²) in [5.41, 5.74) is 1.92. The number of benzene rings is 1. The van der Waals surface area contributed by atoms with E-state index in [1.807, 2.05) is 28.8 Å². The number of carbonyl (C=O) groups is 1. The van der Waals surface area contributed by atoms with E-state index in [0.29, 0.717) is 16.8 Å². The molecule has 4 aromatic rings. The molecule has 1 amide bonds. The molecule has 0 saturated carbocycles. The van der Waals surface area contributed by atoms with Crippen molar-refractivity contribution >= 4 is 22.2 Å². The van der Waals surface area contributed by atoms with Crippen molar-refractivity contribution in [2.24, 2.45) is 0 Å². The van der Waals surface area contributed by atoms with Crippen LogP contribution in [-0.2, 0) is 11.3 Å². The Kier molecular flexibility index (Phi) is 4.18. The van der Waals surface area contributed by atoms with Crippen LogP contribution in [-0.4, -0.2) is 33.8 Å². The highest BCUT2D eigenvalue weighted by Crippen LogP contribution is 2.34. The molecule has 3 aromatic heterocycles. The molecule has 0 unspecified atom stereocenters. The number of halogens is 2. The number of hydrogen-bond acceptors (Lipinski definition) is 3. The molecule has 0 spiro atoms. The van der Waals surface area contributed by atoms with Crippen LogP contribution in [0.2, 0.25) is 0 Å². The summed E-state index contributed by atoms with van der Waals surface area (Å²) in [7, 11) is 1.63. The van der Waals surface area contributed by atoms with Gasteiger partial charge in [-0.25, -0.2) is 8.78 Å². The van der Waals surface area contributed by atoms with E-state index < -0.39 is 23.2 Å². The molecule has 30 heavy (non-hydrogen) atoms. The molecule has 1 N–H and O–H groups in total. The second kappa shape index (κ2) is 6.77. The average molecular weight is 409 g/mol. The Bertz CT molecular complexity index is 1380. The van der Waals surface area contributed by atoms with Crippen LogP contribution < -0.4 is 5.56 Å². The minimum absolute atomic E-state index is 0.0363. The van der Waals surface area contributed by atoms with Crippen molar-refractivity contribution in [3.05, 3.63) is 87.6 Å². The molecule has 0 bridgehead atoms. The Morgan fingerprint density at radius 2 is 1.97 bits per heavy atom. The molecular formula is C22H17F2N3O3. The molecule has 4 heterocycles. The Morgan fingerprint density at radius 1 is 1.20 bits per heavy atom. The Morgan fingerprint density at radius 3 is 2.77 bits per heavy atom. The van der Waals surface area contributed by atoms with E-state index in [1.54, 1.807) is 19.3 Å². The van der Waals surface area contributed by atoms with Crippen molar-refractivity contribution in [2.45, 2.75) is 12.6 Å². The van der Waals surface area contributed by atoms with Crippen LogP contribution in [0.1, 0.15) is 27.7 Å². The van der Waals surface area contributed by atoms with Crippen LogP contribution in [0.5, 0.6) is 0 Å². The van der Waals surface area contributed by atoms with Crippen LogP contribution in [0, 0.1) is 11.6 Å². The van der Waals surface area contributed by atoms with Crippen molar-refractivity contribution in [3.8, 4) is 0 Å². The number of pyridine rings is 2. The first-order chi connectivity index (χ1) is 14.4. The van der Waals surface area contributed by atoms with Gasteiger partial charge in [0.2, 0.25) is 0 Å². The first-order valence-corrected chi connectivity index (χ1v) is 9.39. The average Bonchev–Trinajstić information content (AvgIpc) is 3.21. The molecule has 152 valence electrons. The fourth-order valence-electron chi connectivity index (χ4n) is 4.05. The molecule has 1 aliphatic heterocycles. The lowest BCUT2D eigenvalue weighted by atomic mass is 9.95. The monoisotopic (exact) mass is 409 g/mol. The van der Waals surface area contributed by atoms with Gasteiger partial charge in [0, 0.05) is 36.2 Å². The zero-order valence-corrected chi connectivity index (χ0v) is 16.0. The molecule has 0 fully saturated rings. The number of nitrogens with one attached hydrogen (secondary N) is 1. The van der Waals surface area contributed by atoms with E-state index in [-0.39, 0.29) is 29.9 Å². The van der Waals surface area contributed by atoms with Crippen LogP contribution in [0.25, 0.3) is 16.3 Å². The lowest BCUT2D eigenvalue weighted by Gasteiger charge is -2.34. The zero-order valence-electron chi connectivity index (χ0n) is 16.0. The number of carbonyl (C=O) groups excluding carboxylic acids is 1. The van der Waals surface area contributed by atoms with E-state index in [0.717, 1.165) is 17.6 Å². The normalized spacial score (nSPS) is 16.0. The molecule has 0 radical (unpaired) electrons. The first kappa shape index (κ1) is 18.5. The maximum atomic E-state index is 14.0. The highest BCUT2D eigenvalue weighted by Gasteiger charge is 2.31. The lowest BCUT2D eigenvalue weighted by Crippen LogP contribution is -2.37.